The zero-order valence-corrected chi connectivity index (χ0v) is 18.9. The van der Waals surface area contributed by atoms with Gasteiger partial charge in [-0.15, -0.1) is 0 Å². The van der Waals surface area contributed by atoms with Gasteiger partial charge in [-0.25, -0.2) is 0 Å². The molecular formula is C23H38N6O2. The SMILES string of the molecule is CN=C(NCCN1CCN(C(=O)C2CCC2)CC1)NCC(c1ccco1)N1CCCC1. The minimum atomic E-state index is 0.234. The van der Waals surface area contributed by atoms with E-state index >= 15 is 0 Å². The highest BCUT2D eigenvalue weighted by Crippen LogP contribution is 2.28. The van der Waals surface area contributed by atoms with Crippen LogP contribution in [0.4, 0.5) is 0 Å². The third kappa shape index (κ3) is 5.80. The summed E-state index contributed by atoms with van der Waals surface area (Å²) >= 11 is 0. The number of furan rings is 1. The van der Waals surface area contributed by atoms with E-state index in [4.69, 9.17) is 4.42 Å². The van der Waals surface area contributed by atoms with Crippen molar-refractivity contribution in [3.05, 3.63) is 24.2 Å². The van der Waals surface area contributed by atoms with Gasteiger partial charge in [0, 0.05) is 58.8 Å². The number of hydrogen-bond acceptors (Lipinski definition) is 5. The van der Waals surface area contributed by atoms with Crippen molar-refractivity contribution >= 4 is 11.9 Å². The van der Waals surface area contributed by atoms with E-state index in [-0.39, 0.29) is 6.04 Å². The number of likely N-dealkylation sites (tertiary alicyclic amines) is 1. The number of hydrogen-bond donors (Lipinski definition) is 2. The van der Waals surface area contributed by atoms with Crippen molar-refractivity contribution in [2.24, 2.45) is 10.9 Å². The Kier molecular flexibility index (Phi) is 7.86. The smallest absolute Gasteiger partial charge is 0.225 e. The van der Waals surface area contributed by atoms with Gasteiger partial charge in [0.25, 0.3) is 0 Å². The van der Waals surface area contributed by atoms with Crippen molar-refractivity contribution < 1.29 is 9.21 Å². The summed E-state index contributed by atoms with van der Waals surface area (Å²) < 4.78 is 5.71. The van der Waals surface area contributed by atoms with Gasteiger partial charge in [-0.2, -0.15) is 0 Å². The third-order valence-electron chi connectivity index (χ3n) is 7.00. The van der Waals surface area contributed by atoms with Crippen molar-refractivity contribution in [2.45, 2.75) is 38.1 Å². The maximum Gasteiger partial charge on any atom is 0.225 e. The van der Waals surface area contributed by atoms with Crippen molar-refractivity contribution in [2.75, 3.05) is 66.0 Å². The predicted octanol–water partition coefficient (Wildman–Crippen LogP) is 1.53. The van der Waals surface area contributed by atoms with Crippen LogP contribution in [0.15, 0.2) is 27.8 Å². The van der Waals surface area contributed by atoms with Crippen LogP contribution in [0.2, 0.25) is 0 Å². The van der Waals surface area contributed by atoms with Crippen LogP contribution < -0.4 is 10.6 Å². The highest BCUT2D eigenvalue weighted by molar-refractivity contribution is 5.80. The molecule has 1 aromatic rings. The second-order valence-electron chi connectivity index (χ2n) is 8.95. The number of carbonyl (C=O) groups excluding carboxylic acids is 1. The number of amides is 1. The molecule has 0 aromatic carbocycles. The summed E-state index contributed by atoms with van der Waals surface area (Å²) in [5.41, 5.74) is 0. The Morgan fingerprint density at radius 2 is 1.90 bits per heavy atom. The first-order valence-corrected chi connectivity index (χ1v) is 12.0. The van der Waals surface area contributed by atoms with E-state index in [1.807, 2.05) is 13.1 Å². The molecule has 31 heavy (non-hydrogen) atoms. The Hall–Kier alpha value is -2.06. The molecule has 1 unspecified atom stereocenters. The van der Waals surface area contributed by atoms with Gasteiger partial charge < -0.3 is 20.0 Å². The van der Waals surface area contributed by atoms with E-state index in [0.717, 1.165) is 83.5 Å². The second kappa shape index (κ2) is 11.0. The molecule has 3 aliphatic rings. The van der Waals surface area contributed by atoms with Crippen molar-refractivity contribution in [3.63, 3.8) is 0 Å². The van der Waals surface area contributed by atoms with E-state index < -0.39 is 0 Å². The Labute approximate surface area is 186 Å². The summed E-state index contributed by atoms with van der Waals surface area (Å²) in [5.74, 6) is 2.54. The molecule has 2 aliphatic heterocycles. The van der Waals surface area contributed by atoms with Crippen LogP contribution >= 0.6 is 0 Å². The van der Waals surface area contributed by atoms with E-state index in [2.05, 4.69) is 36.4 Å². The molecule has 3 fully saturated rings. The zero-order valence-electron chi connectivity index (χ0n) is 18.9. The monoisotopic (exact) mass is 430 g/mol. The molecule has 172 valence electrons. The molecule has 8 nitrogen and oxygen atoms in total. The van der Waals surface area contributed by atoms with Gasteiger partial charge in [-0.05, 0) is 50.9 Å². The number of carbonyl (C=O) groups is 1. The maximum atomic E-state index is 12.4. The summed E-state index contributed by atoms with van der Waals surface area (Å²) in [6.07, 6.45) is 7.66. The van der Waals surface area contributed by atoms with E-state index in [0.29, 0.717) is 11.8 Å². The summed E-state index contributed by atoms with van der Waals surface area (Å²) in [6, 6.07) is 4.26. The lowest BCUT2D eigenvalue weighted by Gasteiger charge is -2.38. The fraction of sp³-hybridized carbons (Fsp3) is 0.739. The molecule has 4 rings (SSSR count). The molecule has 1 saturated carbocycles. The molecular weight excluding hydrogens is 392 g/mol. The molecule has 1 amide bonds. The van der Waals surface area contributed by atoms with Crippen LogP contribution in [0.5, 0.6) is 0 Å². The molecule has 2 N–H and O–H groups in total. The van der Waals surface area contributed by atoms with Gasteiger partial charge in [0.05, 0.1) is 12.3 Å². The molecule has 2 saturated heterocycles. The minimum absolute atomic E-state index is 0.234. The molecule has 0 spiro atoms. The van der Waals surface area contributed by atoms with Crippen LogP contribution in [0, 0.1) is 5.92 Å². The molecule has 1 aliphatic carbocycles. The molecule has 3 heterocycles. The van der Waals surface area contributed by atoms with Gasteiger partial charge in [0.2, 0.25) is 5.91 Å². The number of nitrogens with zero attached hydrogens (tertiary/aromatic N) is 4. The Morgan fingerprint density at radius 1 is 1.13 bits per heavy atom. The average Bonchev–Trinajstić information content (AvgIpc) is 3.47. The molecule has 0 radical (unpaired) electrons. The normalized spacial score (nSPS) is 22.4. The van der Waals surface area contributed by atoms with Crippen molar-refractivity contribution in [3.8, 4) is 0 Å². The maximum absolute atomic E-state index is 12.4. The number of nitrogens with one attached hydrogen (secondary N) is 2. The quantitative estimate of drug-likeness (QED) is 0.481. The first-order valence-electron chi connectivity index (χ1n) is 12.0. The van der Waals surface area contributed by atoms with Crippen LogP contribution in [0.3, 0.4) is 0 Å². The Bertz CT molecular complexity index is 704. The minimum Gasteiger partial charge on any atom is -0.468 e. The van der Waals surface area contributed by atoms with Gasteiger partial charge in [-0.3, -0.25) is 19.6 Å². The second-order valence-corrected chi connectivity index (χ2v) is 8.95. The third-order valence-corrected chi connectivity index (χ3v) is 7.00. The topological polar surface area (TPSA) is 76.4 Å². The van der Waals surface area contributed by atoms with Crippen LogP contribution in [0.25, 0.3) is 0 Å². The summed E-state index contributed by atoms with van der Waals surface area (Å²) in [7, 11) is 1.82. The van der Waals surface area contributed by atoms with Crippen molar-refractivity contribution in [1.29, 1.82) is 0 Å². The Morgan fingerprint density at radius 3 is 2.52 bits per heavy atom. The zero-order chi connectivity index (χ0) is 21.5. The van der Waals surface area contributed by atoms with Crippen LogP contribution in [-0.2, 0) is 4.79 Å². The standard InChI is InChI=1S/C23H38N6O2/c1-24-23(26-18-20(21-8-5-17-31-21)28-10-2-3-11-28)25-9-12-27-13-15-29(16-14-27)22(30)19-6-4-7-19/h5,8,17,19-20H,2-4,6-7,9-16,18H2,1H3,(H2,24,25,26). The first-order chi connectivity index (χ1) is 15.2. The number of piperazine rings is 1. The highest BCUT2D eigenvalue weighted by Gasteiger charge is 2.31. The van der Waals surface area contributed by atoms with Crippen molar-refractivity contribution in [1.82, 2.24) is 25.3 Å². The molecule has 8 heteroatoms. The van der Waals surface area contributed by atoms with Gasteiger partial charge >= 0.3 is 0 Å². The molecule has 1 aromatic heterocycles. The molecule has 0 bridgehead atoms. The summed E-state index contributed by atoms with van der Waals surface area (Å²) in [6.45, 7) is 8.46. The summed E-state index contributed by atoms with van der Waals surface area (Å²) in [4.78, 5) is 23.8. The lowest BCUT2D eigenvalue weighted by molar-refractivity contribution is -0.139. The fourth-order valence-electron chi connectivity index (χ4n) is 4.80. The highest BCUT2D eigenvalue weighted by atomic mass is 16.3. The molecule has 1 atom stereocenters. The fourth-order valence-corrected chi connectivity index (χ4v) is 4.80. The largest absolute Gasteiger partial charge is 0.468 e. The summed E-state index contributed by atoms with van der Waals surface area (Å²) in [5, 5.41) is 6.93. The first kappa shape index (κ1) is 22.1. The van der Waals surface area contributed by atoms with E-state index in [1.165, 1.54) is 19.3 Å². The number of rotatable bonds is 8. The lowest BCUT2D eigenvalue weighted by atomic mass is 9.84. The Balaban J connectivity index is 1.16. The lowest BCUT2D eigenvalue weighted by Crippen LogP contribution is -2.52. The van der Waals surface area contributed by atoms with E-state index in [9.17, 15) is 4.79 Å². The van der Waals surface area contributed by atoms with Crippen LogP contribution in [-0.4, -0.2) is 92.5 Å². The van der Waals surface area contributed by atoms with Gasteiger partial charge in [0.1, 0.15) is 5.76 Å². The predicted molar refractivity (Wildman–Crippen MR) is 122 cm³/mol. The average molecular weight is 431 g/mol. The van der Waals surface area contributed by atoms with Gasteiger partial charge in [-0.1, -0.05) is 6.42 Å². The van der Waals surface area contributed by atoms with Crippen LogP contribution in [0.1, 0.15) is 43.9 Å². The number of guanidine groups is 1. The van der Waals surface area contributed by atoms with E-state index in [1.54, 1.807) is 6.26 Å². The number of aliphatic imine (C=N–C) groups is 1. The van der Waals surface area contributed by atoms with Gasteiger partial charge in [0.15, 0.2) is 5.96 Å².